The number of amides is 1. The van der Waals surface area contributed by atoms with Crippen molar-refractivity contribution in [2.75, 3.05) is 20.8 Å². The number of nitriles is 1. The Labute approximate surface area is 112 Å². The Morgan fingerprint density at radius 1 is 1.47 bits per heavy atom. The molecule has 0 fully saturated rings. The van der Waals surface area contributed by atoms with E-state index in [1.807, 2.05) is 13.0 Å². The van der Waals surface area contributed by atoms with E-state index in [-0.39, 0.29) is 5.57 Å². The number of carbonyl (C=O) groups excluding carboxylic acids is 1. The van der Waals surface area contributed by atoms with Crippen molar-refractivity contribution in [3.63, 3.8) is 0 Å². The van der Waals surface area contributed by atoms with Gasteiger partial charge in [-0.2, -0.15) is 5.26 Å². The number of carbonyl (C=O) groups is 1. The topological polar surface area (TPSA) is 71.3 Å². The number of hydrogen-bond acceptors (Lipinski definition) is 4. The highest BCUT2D eigenvalue weighted by molar-refractivity contribution is 6.01. The molecule has 0 bridgehead atoms. The van der Waals surface area contributed by atoms with Crippen molar-refractivity contribution >= 4 is 12.0 Å². The molecule has 0 aliphatic heterocycles. The van der Waals surface area contributed by atoms with Crippen LogP contribution in [-0.4, -0.2) is 26.7 Å². The maximum atomic E-state index is 11.4. The summed E-state index contributed by atoms with van der Waals surface area (Å²) in [6, 6.07) is 7.07. The lowest BCUT2D eigenvalue weighted by atomic mass is 10.1. The molecule has 1 aromatic carbocycles. The van der Waals surface area contributed by atoms with Crippen LogP contribution < -0.4 is 14.8 Å². The second-order valence-corrected chi connectivity index (χ2v) is 3.59. The first-order chi connectivity index (χ1) is 9.15. The lowest BCUT2D eigenvalue weighted by Crippen LogP contribution is -2.19. The van der Waals surface area contributed by atoms with Gasteiger partial charge in [0.25, 0.3) is 5.91 Å². The Balaban J connectivity index is 3.12. The molecule has 1 rings (SSSR count). The SMILES string of the molecule is CCOc1ccc(/C=C(/C#N)C(=O)NC)cc1OC. The van der Waals surface area contributed by atoms with Crippen LogP contribution in [0.3, 0.4) is 0 Å². The lowest BCUT2D eigenvalue weighted by Gasteiger charge is -2.09. The van der Waals surface area contributed by atoms with Crippen molar-refractivity contribution in [2.45, 2.75) is 6.92 Å². The van der Waals surface area contributed by atoms with E-state index < -0.39 is 5.91 Å². The summed E-state index contributed by atoms with van der Waals surface area (Å²) in [5.41, 5.74) is 0.731. The molecular weight excluding hydrogens is 244 g/mol. The van der Waals surface area contributed by atoms with Gasteiger partial charge in [-0.1, -0.05) is 6.07 Å². The molecule has 0 aliphatic rings. The number of nitrogens with zero attached hydrogens (tertiary/aromatic N) is 1. The minimum atomic E-state index is -0.421. The summed E-state index contributed by atoms with van der Waals surface area (Å²) >= 11 is 0. The standard InChI is InChI=1S/C14H16N2O3/c1-4-19-12-6-5-10(8-13(12)18-3)7-11(9-15)14(17)16-2/h5-8H,4H2,1-3H3,(H,16,17)/b11-7-. The summed E-state index contributed by atoms with van der Waals surface area (Å²) in [5.74, 6) is 0.765. The Morgan fingerprint density at radius 3 is 2.74 bits per heavy atom. The Bertz CT molecular complexity index is 530. The molecule has 0 unspecified atom stereocenters. The van der Waals surface area contributed by atoms with Gasteiger partial charge in [0.05, 0.1) is 13.7 Å². The maximum Gasteiger partial charge on any atom is 0.261 e. The average Bonchev–Trinajstić information content (AvgIpc) is 2.45. The zero-order chi connectivity index (χ0) is 14.3. The van der Waals surface area contributed by atoms with Gasteiger partial charge in [-0.3, -0.25) is 4.79 Å². The largest absolute Gasteiger partial charge is 0.493 e. The molecule has 0 radical (unpaired) electrons. The molecule has 0 atom stereocenters. The van der Waals surface area contributed by atoms with E-state index in [1.54, 1.807) is 18.2 Å². The minimum absolute atomic E-state index is 0.0358. The van der Waals surface area contributed by atoms with Crippen LogP contribution in [0, 0.1) is 11.3 Å². The molecule has 1 N–H and O–H groups in total. The smallest absolute Gasteiger partial charge is 0.261 e. The van der Waals surface area contributed by atoms with Crippen molar-refractivity contribution in [3.8, 4) is 17.6 Å². The van der Waals surface area contributed by atoms with E-state index in [1.165, 1.54) is 20.2 Å². The predicted molar refractivity (Wildman–Crippen MR) is 71.8 cm³/mol. The quantitative estimate of drug-likeness (QED) is 0.646. The molecule has 0 spiro atoms. The first-order valence-corrected chi connectivity index (χ1v) is 5.81. The highest BCUT2D eigenvalue weighted by Gasteiger charge is 2.08. The van der Waals surface area contributed by atoms with E-state index in [0.717, 1.165) is 0 Å². The summed E-state index contributed by atoms with van der Waals surface area (Å²) in [7, 11) is 3.02. The van der Waals surface area contributed by atoms with Crippen molar-refractivity contribution in [2.24, 2.45) is 0 Å². The van der Waals surface area contributed by atoms with Gasteiger partial charge in [0.1, 0.15) is 11.6 Å². The first kappa shape index (κ1) is 14.6. The Hall–Kier alpha value is -2.48. The first-order valence-electron chi connectivity index (χ1n) is 5.81. The highest BCUT2D eigenvalue weighted by atomic mass is 16.5. The minimum Gasteiger partial charge on any atom is -0.493 e. The van der Waals surface area contributed by atoms with Gasteiger partial charge in [0.2, 0.25) is 0 Å². The second kappa shape index (κ2) is 7.07. The van der Waals surface area contributed by atoms with Gasteiger partial charge in [-0.05, 0) is 30.7 Å². The fraction of sp³-hybridized carbons (Fsp3) is 0.286. The van der Waals surface area contributed by atoms with Crippen LogP contribution in [0.4, 0.5) is 0 Å². The predicted octanol–water partition coefficient (Wildman–Crippen LogP) is 1.75. The summed E-state index contributed by atoms with van der Waals surface area (Å²) < 4.78 is 10.6. The van der Waals surface area contributed by atoms with Gasteiger partial charge in [0.15, 0.2) is 11.5 Å². The molecule has 5 nitrogen and oxygen atoms in total. The normalized spacial score (nSPS) is 10.5. The third-order valence-corrected chi connectivity index (χ3v) is 2.39. The molecule has 0 saturated carbocycles. The number of benzene rings is 1. The molecule has 5 heteroatoms. The van der Waals surface area contributed by atoms with Gasteiger partial charge < -0.3 is 14.8 Å². The van der Waals surface area contributed by atoms with Gasteiger partial charge in [-0.25, -0.2) is 0 Å². The molecule has 19 heavy (non-hydrogen) atoms. The van der Waals surface area contributed by atoms with Crippen LogP contribution >= 0.6 is 0 Å². The van der Waals surface area contributed by atoms with Crippen molar-refractivity contribution in [1.82, 2.24) is 5.32 Å². The monoisotopic (exact) mass is 260 g/mol. The van der Waals surface area contributed by atoms with Crippen LogP contribution in [0.5, 0.6) is 11.5 Å². The number of ether oxygens (including phenoxy) is 2. The molecule has 0 saturated heterocycles. The second-order valence-electron chi connectivity index (χ2n) is 3.59. The number of nitrogens with one attached hydrogen (secondary N) is 1. The van der Waals surface area contributed by atoms with Gasteiger partial charge in [-0.15, -0.1) is 0 Å². The lowest BCUT2D eigenvalue weighted by molar-refractivity contribution is -0.116. The van der Waals surface area contributed by atoms with E-state index in [2.05, 4.69) is 5.32 Å². The van der Waals surface area contributed by atoms with E-state index in [4.69, 9.17) is 14.7 Å². The zero-order valence-corrected chi connectivity index (χ0v) is 11.2. The number of rotatable bonds is 5. The van der Waals surface area contributed by atoms with E-state index in [0.29, 0.717) is 23.7 Å². The molecule has 100 valence electrons. The number of likely N-dealkylation sites (N-methyl/N-ethyl adjacent to an activating group) is 1. The van der Waals surface area contributed by atoms with Gasteiger partial charge >= 0.3 is 0 Å². The van der Waals surface area contributed by atoms with Crippen LogP contribution in [-0.2, 0) is 4.79 Å². The molecule has 0 aliphatic carbocycles. The molecule has 0 heterocycles. The molecule has 0 aromatic heterocycles. The molecule has 1 aromatic rings. The zero-order valence-electron chi connectivity index (χ0n) is 11.2. The fourth-order valence-corrected chi connectivity index (χ4v) is 1.50. The van der Waals surface area contributed by atoms with Crippen LogP contribution in [0.15, 0.2) is 23.8 Å². The average molecular weight is 260 g/mol. The molecular formula is C14H16N2O3. The van der Waals surface area contributed by atoms with Gasteiger partial charge in [0, 0.05) is 7.05 Å². The Kier molecular flexibility index (Phi) is 5.42. The van der Waals surface area contributed by atoms with Crippen LogP contribution in [0.25, 0.3) is 6.08 Å². The van der Waals surface area contributed by atoms with E-state index in [9.17, 15) is 4.79 Å². The fourth-order valence-electron chi connectivity index (χ4n) is 1.50. The summed E-state index contributed by atoms with van der Waals surface area (Å²) in [5, 5.41) is 11.3. The highest BCUT2D eigenvalue weighted by Crippen LogP contribution is 2.28. The van der Waals surface area contributed by atoms with Crippen molar-refractivity contribution < 1.29 is 14.3 Å². The van der Waals surface area contributed by atoms with Crippen LogP contribution in [0.1, 0.15) is 12.5 Å². The number of methoxy groups -OCH3 is 1. The van der Waals surface area contributed by atoms with Crippen molar-refractivity contribution in [1.29, 1.82) is 5.26 Å². The van der Waals surface area contributed by atoms with E-state index >= 15 is 0 Å². The molecule has 1 amide bonds. The summed E-state index contributed by atoms with van der Waals surface area (Å²) in [6.45, 7) is 2.42. The number of hydrogen-bond donors (Lipinski definition) is 1. The summed E-state index contributed by atoms with van der Waals surface area (Å²) in [6.07, 6.45) is 1.50. The summed E-state index contributed by atoms with van der Waals surface area (Å²) in [4.78, 5) is 11.4. The third-order valence-electron chi connectivity index (χ3n) is 2.39. The van der Waals surface area contributed by atoms with Crippen molar-refractivity contribution in [3.05, 3.63) is 29.3 Å². The third kappa shape index (κ3) is 3.75. The van der Waals surface area contributed by atoms with Crippen LogP contribution in [0.2, 0.25) is 0 Å². The Morgan fingerprint density at radius 2 is 2.21 bits per heavy atom. The maximum absolute atomic E-state index is 11.4.